The Kier molecular flexibility index (Phi) is 3.19. The first kappa shape index (κ1) is 12.7. The van der Waals surface area contributed by atoms with Crippen LogP contribution in [0.3, 0.4) is 0 Å². The molecule has 1 N–H and O–H groups in total. The quantitative estimate of drug-likeness (QED) is 0.661. The fourth-order valence-electron chi connectivity index (χ4n) is 2.25. The molecule has 0 heterocycles. The molecule has 1 saturated carbocycles. The molecule has 2 rings (SSSR count). The SMILES string of the molecule is CCC1(Nc2c([N+](=O)[O-])ccc(F)c2F)CCC1. The van der Waals surface area contributed by atoms with Gasteiger partial charge in [-0.2, -0.15) is 0 Å². The van der Waals surface area contributed by atoms with Gasteiger partial charge in [0.2, 0.25) is 0 Å². The van der Waals surface area contributed by atoms with Crippen molar-refractivity contribution in [1.82, 2.24) is 0 Å². The van der Waals surface area contributed by atoms with Gasteiger partial charge in [-0.15, -0.1) is 0 Å². The second-order valence-electron chi connectivity index (χ2n) is 4.63. The molecule has 0 saturated heterocycles. The van der Waals surface area contributed by atoms with Crippen molar-refractivity contribution in [3.8, 4) is 0 Å². The lowest BCUT2D eigenvalue weighted by Gasteiger charge is -2.42. The van der Waals surface area contributed by atoms with Gasteiger partial charge in [-0.3, -0.25) is 10.1 Å². The van der Waals surface area contributed by atoms with Crippen LogP contribution < -0.4 is 5.32 Å². The zero-order valence-corrected chi connectivity index (χ0v) is 10.0. The van der Waals surface area contributed by atoms with E-state index in [2.05, 4.69) is 5.32 Å². The highest BCUT2D eigenvalue weighted by Crippen LogP contribution is 2.41. The van der Waals surface area contributed by atoms with Crippen molar-refractivity contribution in [3.05, 3.63) is 33.9 Å². The summed E-state index contributed by atoms with van der Waals surface area (Å²) in [4.78, 5) is 10.1. The Morgan fingerprint density at radius 1 is 1.44 bits per heavy atom. The maximum absolute atomic E-state index is 13.7. The van der Waals surface area contributed by atoms with Crippen LogP contribution in [0, 0.1) is 21.7 Å². The first-order valence-corrected chi connectivity index (χ1v) is 5.90. The first-order chi connectivity index (χ1) is 8.49. The molecular weight excluding hydrogens is 242 g/mol. The summed E-state index contributed by atoms with van der Waals surface area (Å²) in [5.41, 5.74) is -1.09. The van der Waals surface area contributed by atoms with Gasteiger partial charge >= 0.3 is 0 Å². The molecule has 0 atom stereocenters. The third kappa shape index (κ3) is 2.02. The molecule has 0 amide bonds. The second-order valence-corrected chi connectivity index (χ2v) is 4.63. The molecule has 1 aromatic carbocycles. The van der Waals surface area contributed by atoms with Crippen molar-refractivity contribution >= 4 is 11.4 Å². The van der Waals surface area contributed by atoms with Gasteiger partial charge in [0.25, 0.3) is 5.69 Å². The average molecular weight is 256 g/mol. The van der Waals surface area contributed by atoms with E-state index in [0.29, 0.717) is 0 Å². The topological polar surface area (TPSA) is 55.2 Å². The van der Waals surface area contributed by atoms with Crippen molar-refractivity contribution in [2.45, 2.75) is 38.1 Å². The number of nitrogens with one attached hydrogen (secondary N) is 1. The summed E-state index contributed by atoms with van der Waals surface area (Å²) in [6.07, 6.45) is 3.35. The van der Waals surface area contributed by atoms with Crippen LogP contribution in [0.15, 0.2) is 12.1 Å². The number of hydrogen-bond acceptors (Lipinski definition) is 3. The minimum Gasteiger partial charge on any atom is -0.372 e. The van der Waals surface area contributed by atoms with Crippen molar-refractivity contribution < 1.29 is 13.7 Å². The Morgan fingerprint density at radius 2 is 2.11 bits per heavy atom. The standard InChI is InChI=1S/C12H14F2N2O2/c1-2-12(6-3-7-12)15-11-9(16(17)18)5-4-8(13)10(11)14/h4-5,15H,2-3,6-7H2,1H3. The molecule has 0 aliphatic heterocycles. The molecule has 0 aromatic heterocycles. The Labute approximate surface area is 103 Å². The summed E-state index contributed by atoms with van der Waals surface area (Å²) in [6, 6.07) is 1.76. The Hall–Kier alpha value is -1.72. The Balaban J connectivity index is 2.41. The fourth-order valence-corrected chi connectivity index (χ4v) is 2.25. The van der Waals surface area contributed by atoms with Crippen molar-refractivity contribution in [2.75, 3.05) is 5.32 Å². The third-order valence-electron chi connectivity index (χ3n) is 3.65. The van der Waals surface area contributed by atoms with E-state index in [1.165, 1.54) is 0 Å². The lowest BCUT2D eigenvalue weighted by molar-refractivity contribution is -0.384. The molecule has 1 aliphatic carbocycles. The number of nitro benzene ring substituents is 1. The van der Waals surface area contributed by atoms with E-state index >= 15 is 0 Å². The summed E-state index contributed by atoms with van der Waals surface area (Å²) in [5, 5.41) is 13.7. The number of anilines is 1. The third-order valence-corrected chi connectivity index (χ3v) is 3.65. The molecule has 4 nitrogen and oxygen atoms in total. The van der Waals surface area contributed by atoms with E-state index in [-0.39, 0.29) is 11.2 Å². The van der Waals surface area contributed by atoms with E-state index in [1.807, 2.05) is 6.92 Å². The molecule has 1 aliphatic rings. The van der Waals surface area contributed by atoms with Crippen LogP contribution in [-0.4, -0.2) is 10.5 Å². The molecule has 18 heavy (non-hydrogen) atoms. The molecule has 0 radical (unpaired) electrons. The monoisotopic (exact) mass is 256 g/mol. The van der Waals surface area contributed by atoms with Gasteiger partial charge in [0.1, 0.15) is 0 Å². The number of halogens is 2. The molecule has 0 unspecified atom stereocenters. The molecular formula is C12H14F2N2O2. The van der Waals surface area contributed by atoms with Crippen LogP contribution in [0.5, 0.6) is 0 Å². The van der Waals surface area contributed by atoms with E-state index in [0.717, 1.165) is 37.8 Å². The van der Waals surface area contributed by atoms with E-state index in [4.69, 9.17) is 0 Å². The van der Waals surface area contributed by atoms with Crippen LogP contribution in [0.2, 0.25) is 0 Å². The molecule has 6 heteroatoms. The normalized spacial score (nSPS) is 17.1. The van der Waals surface area contributed by atoms with Gasteiger partial charge < -0.3 is 5.32 Å². The van der Waals surface area contributed by atoms with Gasteiger partial charge in [0, 0.05) is 11.6 Å². The highest BCUT2D eigenvalue weighted by atomic mass is 19.2. The molecule has 1 fully saturated rings. The number of benzene rings is 1. The van der Waals surface area contributed by atoms with Crippen LogP contribution in [0.25, 0.3) is 0 Å². The van der Waals surface area contributed by atoms with E-state index in [9.17, 15) is 18.9 Å². The zero-order valence-electron chi connectivity index (χ0n) is 10.0. The van der Waals surface area contributed by atoms with Gasteiger partial charge in [-0.05, 0) is 31.7 Å². The summed E-state index contributed by atoms with van der Waals surface area (Å²) in [6.45, 7) is 1.93. The molecule has 0 bridgehead atoms. The summed E-state index contributed by atoms with van der Waals surface area (Å²) in [5.74, 6) is -2.25. The number of nitrogens with zero attached hydrogens (tertiary/aromatic N) is 1. The molecule has 0 spiro atoms. The predicted molar refractivity (Wildman–Crippen MR) is 63.5 cm³/mol. The predicted octanol–water partition coefficient (Wildman–Crippen LogP) is 3.62. The summed E-state index contributed by atoms with van der Waals surface area (Å²) < 4.78 is 26.9. The Morgan fingerprint density at radius 3 is 2.56 bits per heavy atom. The van der Waals surface area contributed by atoms with Crippen molar-refractivity contribution in [2.24, 2.45) is 0 Å². The number of rotatable bonds is 4. The molecule has 98 valence electrons. The van der Waals surface area contributed by atoms with Gasteiger partial charge in [-0.25, -0.2) is 8.78 Å². The van der Waals surface area contributed by atoms with Crippen molar-refractivity contribution in [1.29, 1.82) is 0 Å². The lowest BCUT2D eigenvalue weighted by atomic mass is 9.74. The highest BCUT2D eigenvalue weighted by molar-refractivity contribution is 5.64. The molecule has 1 aromatic rings. The average Bonchev–Trinajstić information content (AvgIpc) is 2.28. The lowest BCUT2D eigenvalue weighted by Crippen LogP contribution is -2.44. The minimum absolute atomic E-state index is 0.332. The highest BCUT2D eigenvalue weighted by Gasteiger charge is 2.37. The zero-order chi connectivity index (χ0) is 13.3. The second kappa shape index (κ2) is 4.51. The smallest absolute Gasteiger partial charge is 0.295 e. The van der Waals surface area contributed by atoms with Crippen LogP contribution in [0.4, 0.5) is 20.2 Å². The van der Waals surface area contributed by atoms with E-state index in [1.54, 1.807) is 0 Å². The Bertz CT molecular complexity index is 482. The summed E-state index contributed by atoms with van der Waals surface area (Å²) in [7, 11) is 0. The maximum atomic E-state index is 13.7. The van der Waals surface area contributed by atoms with Crippen LogP contribution in [0.1, 0.15) is 32.6 Å². The fraction of sp³-hybridized carbons (Fsp3) is 0.500. The first-order valence-electron chi connectivity index (χ1n) is 5.90. The number of hydrogen-bond donors (Lipinski definition) is 1. The minimum atomic E-state index is -1.18. The van der Waals surface area contributed by atoms with Gasteiger partial charge in [0.05, 0.1) is 4.92 Å². The summed E-state index contributed by atoms with van der Waals surface area (Å²) >= 11 is 0. The van der Waals surface area contributed by atoms with Crippen LogP contribution >= 0.6 is 0 Å². The largest absolute Gasteiger partial charge is 0.372 e. The maximum Gasteiger partial charge on any atom is 0.295 e. The van der Waals surface area contributed by atoms with E-state index < -0.39 is 22.2 Å². The number of nitro groups is 1. The van der Waals surface area contributed by atoms with Gasteiger partial charge in [0.15, 0.2) is 17.3 Å². The van der Waals surface area contributed by atoms with Gasteiger partial charge in [-0.1, -0.05) is 6.92 Å². The van der Waals surface area contributed by atoms with Crippen LogP contribution in [-0.2, 0) is 0 Å². The van der Waals surface area contributed by atoms with Crippen molar-refractivity contribution in [3.63, 3.8) is 0 Å².